The average Bonchev–Trinajstić information content (AvgIpc) is 2.39. The number of nitriles is 3. The van der Waals surface area contributed by atoms with Crippen LogP contribution >= 0.6 is 0 Å². The molecular formula is C11H3BCsF6N3. The Morgan fingerprint density at radius 1 is 0.727 bits per heavy atom. The van der Waals surface area contributed by atoms with Gasteiger partial charge in [-0.2, -0.15) is 31.8 Å². The Morgan fingerprint density at radius 2 is 1.05 bits per heavy atom. The molecule has 1 aromatic rings. The van der Waals surface area contributed by atoms with Gasteiger partial charge in [-0.25, -0.2) is 15.8 Å². The number of hydrogen-bond donors (Lipinski definition) is 0. The van der Waals surface area contributed by atoms with Crippen molar-refractivity contribution in [1.29, 1.82) is 15.8 Å². The van der Waals surface area contributed by atoms with Crippen molar-refractivity contribution in [2.24, 2.45) is 0 Å². The first kappa shape index (κ1) is 21.4. The number of nitrogens with zero attached hydrogens (tertiary/aromatic N) is 3. The van der Waals surface area contributed by atoms with Gasteiger partial charge < -0.3 is 0 Å². The van der Waals surface area contributed by atoms with Crippen LogP contribution in [0.25, 0.3) is 0 Å². The molecule has 108 valence electrons. The first-order valence-electron chi connectivity index (χ1n) is 5.19. The average molecular weight is 435 g/mol. The topological polar surface area (TPSA) is 71.4 Å². The molecule has 0 amide bonds. The minimum Gasteiger partial charge on any atom is -0.246 e. The van der Waals surface area contributed by atoms with Gasteiger partial charge in [0.25, 0.3) is 0 Å². The minimum absolute atomic E-state index is 0. The summed E-state index contributed by atoms with van der Waals surface area (Å²) in [5, 5.41) is 26.4. The molecule has 0 aliphatic rings. The van der Waals surface area contributed by atoms with Gasteiger partial charge in [0.2, 0.25) is 0 Å². The molecule has 0 heterocycles. The number of halogens is 6. The maximum Gasteiger partial charge on any atom is 1.00 e. The van der Waals surface area contributed by atoms with Crippen molar-refractivity contribution < 1.29 is 95.2 Å². The maximum absolute atomic E-state index is 12.6. The predicted octanol–water partition coefficient (Wildman–Crippen LogP) is -0.428. The quantitative estimate of drug-likeness (QED) is 0.445. The zero-order valence-electron chi connectivity index (χ0n) is 10.9. The Kier molecular flexibility index (Phi) is 7.10. The van der Waals surface area contributed by atoms with Crippen LogP contribution in [-0.2, 0) is 12.4 Å². The number of hydrogen-bond acceptors (Lipinski definition) is 3. The molecule has 0 atom stereocenters. The predicted molar refractivity (Wildman–Crippen MR) is 58.7 cm³/mol. The Morgan fingerprint density at radius 3 is 1.27 bits per heavy atom. The van der Waals surface area contributed by atoms with E-state index in [0.29, 0.717) is 0 Å². The van der Waals surface area contributed by atoms with E-state index in [0.717, 1.165) is 0 Å². The second-order valence-corrected chi connectivity index (χ2v) is 4.09. The maximum atomic E-state index is 12.6. The molecule has 1 aromatic carbocycles. The summed E-state index contributed by atoms with van der Waals surface area (Å²) in [5.41, 5.74) is -4.27. The van der Waals surface area contributed by atoms with Crippen molar-refractivity contribution in [3.05, 3.63) is 29.3 Å². The van der Waals surface area contributed by atoms with Gasteiger partial charge in [-0.15, -0.1) is 17.9 Å². The monoisotopic (exact) mass is 435 g/mol. The number of rotatable bonds is 1. The molecule has 0 fully saturated rings. The van der Waals surface area contributed by atoms with E-state index in [2.05, 4.69) is 0 Å². The summed E-state index contributed by atoms with van der Waals surface area (Å²) in [6.07, 6.45) is -13.7. The summed E-state index contributed by atoms with van der Waals surface area (Å²) in [6, 6.07) is 0.284. The van der Waals surface area contributed by atoms with Crippen LogP contribution in [0.15, 0.2) is 18.2 Å². The van der Waals surface area contributed by atoms with Gasteiger partial charge in [0, 0.05) is 0 Å². The van der Waals surface area contributed by atoms with Crippen LogP contribution in [0.4, 0.5) is 26.3 Å². The number of alkyl halides is 6. The largest absolute Gasteiger partial charge is 1.00 e. The molecule has 3 nitrogen and oxygen atoms in total. The van der Waals surface area contributed by atoms with Gasteiger partial charge in [-0.1, -0.05) is 12.1 Å². The molecule has 0 N–H and O–H groups in total. The third-order valence-corrected chi connectivity index (χ3v) is 2.69. The van der Waals surface area contributed by atoms with Gasteiger partial charge in [0.15, 0.2) is 0 Å². The van der Waals surface area contributed by atoms with Gasteiger partial charge in [-0.3, -0.25) is 0 Å². The summed E-state index contributed by atoms with van der Waals surface area (Å²) >= 11 is 0. The van der Waals surface area contributed by atoms with Crippen molar-refractivity contribution in [2.75, 3.05) is 0 Å². The van der Waals surface area contributed by atoms with Crippen LogP contribution in [-0.4, -0.2) is 6.15 Å². The summed E-state index contributed by atoms with van der Waals surface area (Å²) in [5.74, 6) is 3.58. The second-order valence-electron chi connectivity index (χ2n) is 4.09. The molecule has 0 saturated heterocycles. The third-order valence-electron chi connectivity index (χ3n) is 2.69. The zero-order chi connectivity index (χ0) is 16.5. The molecule has 0 aromatic heterocycles. The molecule has 0 unspecified atom stereocenters. The Hall–Kier alpha value is -0.613. The Balaban J connectivity index is 0.00000441. The summed E-state index contributed by atoms with van der Waals surface area (Å²) in [7, 11) is 0. The first-order chi connectivity index (χ1) is 9.50. The molecule has 0 aliphatic heterocycles. The summed E-state index contributed by atoms with van der Waals surface area (Å²) < 4.78 is 75.8. The molecule has 0 saturated carbocycles. The Labute approximate surface area is 179 Å². The zero-order valence-corrected chi connectivity index (χ0v) is 17.2. The number of benzene rings is 1. The van der Waals surface area contributed by atoms with E-state index in [4.69, 9.17) is 15.8 Å². The molecule has 0 aliphatic carbocycles. The standard InChI is InChI=1S/C11H3BF6N3.Cs/c13-10(14,15)7-1-8(11(16,17)18)3-9(2-7)12(4-19,5-20)6-21;/h1-3H;/q-1;+1. The van der Waals surface area contributed by atoms with Crippen molar-refractivity contribution in [3.63, 3.8) is 0 Å². The van der Waals surface area contributed by atoms with E-state index < -0.39 is 35.1 Å². The third kappa shape index (κ3) is 4.45. The van der Waals surface area contributed by atoms with E-state index in [1.165, 1.54) is 17.9 Å². The van der Waals surface area contributed by atoms with E-state index in [1.807, 2.05) is 0 Å². The molecule has 0 bridgehead atoms. The van der Waals surface area contributed by atoms with Crippen LogP contribution in [0, 0.1) is 33.7 Å². The molecule has 22 heavy (non-hydrogen) atoms. The van der Waals surface area contributed by atoms with E-state index in [1.54, 1.807) is 0 Å². The normalized spacial score (nSPS) is 11.6. The van der Waals surface area contributed by atoms with E-state index >= 15 is 0 Å². The fourth-order valence-electron chi connectivity index (χ4n) is 1.54. The summed E-state index contributed by atoms with van der Waals surface area (Å²) in [4.78, 5) is 0. The van der Waals surface area contributed by atoms with Gasteiger partial charge in [0.1, 0.15) is 0 Å². The van der Waals surface area contributed by atoms with Crippen molar-refractivity contribution in [1.82, 2.24) is 0 Å². The molecule has 1 rings (SSSR count). The Bertz CT molecular complexity index is 624. The van der Waals surface area contributed by atoms with Gasteiger partial charge in [0.05, 0.1) is 11.1 Å². The first-order valence-corrected chi connectivity index (χ1v) is 5.19. The van der Waals surface area contributed by atoms with Crippen LogP contribution in [0.1, 0.15) is 11.1 Å². The van der Waals surface area contributed by atoms with Crippen LogP contribution in [0.2, 0.25) is 0 Å². The molecule has 0 radical (unpaired) electrons. The second kappa shape index (κ2) is 7.31. The van der Waals surface area contributed by atoms with Crippen molar-refractivity contribution in [3.8, 4) is 17.9 Å². The van der Waals surface area contributed by atoms with E-state index in [-0.39, 0.29) is 87.1 Å². The molecular weight excluding hydrogens is 432 g/mol. The van der Waals surface area contributed by atoms with Crippen LogP contribution < -0.4 is 74.4 Å². The molecule has 0 spiro atoms. The summed E-state index contributed by atoms with van der Waals surface area (Å²) in [6.45, 7) is 0. The van der Waals surface area contributed by atoms with Crippen LogP contribution in [0.5, 0.6) is 0 Å². The molecule has 11 heteroatoms. The van der Waals surface area contributed by atoms with Crippen molar-refractivity contribution >= 4 is 11.6 Å². The minimum atomic E-state index is -5.11. The fourth-order valence-corrected chi connectivity index (χ4v) is 1.54. The van der Waals surface area contributed by atoms with Gasteiger partial charge in [-0.05, 0) is 6.07 Å². The van der Waals surface area contributed by atoms with E-state index in [9.17, 15) is 26.3 Å². The van der Waals surface area contributed by atoms with Gasteiger partial charge >= 0.3 is 87.4 Å². The van der Waals surface area contributed by atoms with Crippen molar-refractivity contribution in [2.45, 2.75) is 12.4 Å². The SMILES string of the molecule is N#C[B-](C#N)(C#N)c1cc(C(F)(F)F)cc(C(F)(F)F)c1.[Cs+]. The smallest absolute Gasteiger partial charge is 0.246 e. The fraction of sp³-hybridized carbons (Fsp3) is 0.182. The van der Waals surface area contributed by atoms with Crippen LogP contribution in [0.3, 0.4) is 0 Å².